The van der Waals surface area contributed by atoms with Gasteiger partial charge < -0.3 is 20.1 Å². The van der Waals surface area contributed by atoms with Gasteiger partial charge in [-0.1, -0.05) is 55.5 Å². The van der Waals surface area contributed by atoms with Crippen molar-refractivity contribution in [2.75, 3.05) is 19.7 Å². The molecule has 4 atom stereocenters. The number of rotatable bonds is 6. The SMILES string of the molecule is CCC(C)(NC(=O)OCC1c2ccccc2-c2ccccc21)C(=O)N1C[C@@H]2C(C(=O)O)[C@@H]2C1. The van der Waals surface area contributed by atoms with Gasteiger partial charge in [0.05, 0.1) is 5.92 Å². The average Bonchev–Trinajstić information content (AvgIpc) is 3.17. The number of aliphatic carboxylic acids is 1. The normalized spacial score (nSPS) is 24.3. The number of carboxylic acid groups (broad SMARTS) is 1. The van der Waals surface area contributed by atoms with E-state index in [1.54, 1.807) is 11.8 Å². The summed E-state index contributed by atoms with van der Waals surface area (Å²) in [6.45, 7) is 4.60. The Bertz CT molecular complexity index is 1070. The zero-order valence-electron chi connectivity index (χ0n) is 18.8. The Morgan fingerprint density at radius 1 is 1.03 bits per heavy atom. The van der Waals surface area contributed by atoms with Crippen molar-refractivity contribution in [1.82, 2.24) is 10.2 Å². The monoisotopic (exact) mass is 448 g/mol. The van der Waals surface area contributed by atoms with Crippen molar-refractivity contribution in [2.24, 2.45) is 17.8 Å². The maximum absolute atomic E-state index is 13.2. The fourth-order valence-electron chi connectivity index (χ4n) is 5.56. The lowest BCUT2D eigenvalue weighted by Gasteiger charge is -2.33. The third kappa shape index (κ3) is 3.56. The molecule has 7 heteroatoms. The summed E-state index contributed by atoms with van der Waals surface area (Å²) in [6, 6.07) is 16.3. The van der Waals surface area contributed by atoms with Gasteiger partial charge >= 0.3 is 12.1 Å². The summed E-state index contributed by atoms with van der Waals surface area (Å²) in [6.07, 6.45) is -0.216. The van der Waals surface area contributed by atoms with Crippen LogP contribution in [0.5, 0.6) is 0 Å². The molecule has 0 spiro atoms. The molecular formula is C26H28N2O5. The van der Waals surface area contributed by atoms with Crippen molar-refractivity contribution in [2.45, 2.75) is 31.7 Å². The van der Waals surface area contributed by atoms with Crippen LogP contribution in [0.3, 0.4) is 0 Å². The van der Waals surface area contributed by atoms with Crippen LogP contribution in [0.25, 0.3) is 11.1 Å². The zero-order chi connectivity index (χ0) is 23.3. The first-order valence-corrected chi connectivity index (χ1v) is 11.5. The average molecular weight is 449 g/mol. The number of benzene rings is 2. The molecule has 3 aliphatic rings. The molecule has 2 aliphatic carbocycles. The number of likely N-dealkylation sites (tertiary alicyclic amines) is 1. The molecular weight excluding hydrogens is 420 g/mol. The summed E-state index contributed by atoms with van der Waals surface area (Å²) in [5.74, 6) is -1.30. The number of hydrogen-bond donors (Lipinski definition) is 2. The second-order valence-corrected chi connectivity index (χ2v) is 9.54. The molecule has 7 nitrogen and oxygen atoms in total. The molecule has 5 rings (SSSR count). The number of hydrogen-bond acceptors (Lipinski definition) is 4. The molecule has 1 saturated heterocycles. The maximum Gasteiger partial charge on any atom is 0.408 e. The molecule has 0 aromatic heterocycles. The molecule has 1 heterocycles. The van der Waals surface area contributed by atoms with Crippen molar-refractivity contribution < 1.29 is 24.2 Å². The summed E-state index contributed by atoms with van der Waals surface area (Å²) >= 11 is 0. The quantitative estimate of drug-likeness (QED) is 0.705. The smallest absolute Gasteiger partial charge is 0.408 e. The van der Waals surface area contributed by atoms with Crippen LogP contribution in [-0.2, 0) is 14.3 Å². The first-order valence-electron chi connectivity index (χ1n) is 11.5. The van der Waals surface area contributed by atoms with Gasteiger partial charge in [0.15, 0.2) is 0 Å². The number of fused-ring (bicyclic) bond motifs is 4. The topological polar surface area (TPSA) is 95.9 Å². The molecule has 0 radical (unpaired) electrons. The van der Waals surface area contributed by atoms with Gasteiger partial charge in [-0.05, 0) is 47.4 Å². The molecule has 2 fully saturated rings. The highest BCUT2D eigenvalue weighted by molar-refractivity contribution is 5.90. The highest BCUT2D eigenvalue weighted by atomic mass is 16.5. The fourth-order valence-corrected chi connectivity index (χ4v) is 5.56. The van der Waals surface area contributed by atoms with E-state index in [0.717, 1.165) is 22.3 Å². The number of carboxylic acids is 1. The van der Waals surface area contributed by atoms with Crippen molar-refractivity contribution >= 4 is 18.0 Å². The summed E-state index contributed by atoms with van der Waals surface area (Å²) < 4.78 is 5.63. The molecule has 172 valence electrons. The van der Waals surface area contributed by atoms with E-state index in [1.807, 2.05) is 31.2 Å². The van der Waals surface area contributed by atoms with Gasteiger partial charge in [0.1, 0.15) is 12.1 Å². The first kappa shape index (κ1) is 21.5. The third-order valence-electron chi connectivity index (χ3n) is 7.67. The molecule has 1 aliphatic heterocycles. The van der Waals surface area contributed by atoms with E-state index >= 15 is 0 Å². The Morgan fingerprint density at radius 3 is 2.09 bits per heavy atom. The Labute approximate surface area is 192 Å². The first-order chi connectivity index (χ1) is 15.8. The van der Waals surface area contributed by atoms with Crippen molar-refractivity contribution in [3.05, 3.63) is 59.7 Å². The van der Waals surface area contributed by atoms with Crippen LogP contribution in [0.2, 0.25) is 0 Å². The van der Waals surface area contributed by atoms with Gasteiger partial charge in [0.2, 0.25) is 5.91 Å². The second-order valence-electron chi connectivity index (χ2n) is 9.54. The summed E-state index contributed by atoms with van der Waals surface area (Å²) in [4.78, 5) is 38.8. The van der Waals surface area contributed by atoms with Crippen LogP contribution in [0.1, 0.15) is 37.3 Å². The fraction of sp³-hybridized carbons (Fsp3) is 0.423. The van der Waals surface area contributed by atoms with Crippen LogP contribution in [0, 0.1) is 17.8 Å². The summed E-state index contributed by atoms with van der Waals surface area (Å²) in [5, 5.41) is 12.0. The standard InChI is InChI=1S/C26H28N2O5/c1-3-26(2,24(31)28-12-19-20(13-28)22(19)23(29)30)27-25(32)33-14-21-17-10-6-4-8-15(17)16-9-5-7-11-18(16)21/h4-11,19-22H,3,12-14H2,1-2H3,(H,27,32)(H,29,30)/t19-,20+,22?,26?. The molecule has 2 N–H and O–H groups in total. The lowest BCUT2D eigenvalue weighted by atomic mass is 9.96. The number of amides is 2. The number of carbonyl (C=O) groups is 3. The third-order valence-corrected chi connectivity index (χ3v) is 7.67. The van der Waals surface area contributed by atoms with Gasteiger partial charge in [-0.3, -0.25) is 9.59 Å². The van der Waals surface area contributed by atoms with E-state index < -0.39 is 17.6 Å². The van der Waals surface area contributed by atoms with Gasteiger partial charge in [0.25, 0.3) is 0 Å². The predicted octanol–water partition coefficient (Wildman–Crippen LogP) is 3.48. The zero-order valence-corrected chi connectivity index (χ0v) is 18.8. The summed E-state index contributed by atoms with van der Waals surface area (Å²) in [5.41, 5.74) is 3.47. The lowest BCUT2D eigenvalue weighted by Crippen LogP contribution is -2.57. The molecule has 2 amide bonds. The van der Waals surface area contributed by atoms with E-state index in [-0.39, 0.29) is 36.2 Å². The Balaban J connectivity index is 1.23. The predicted molar refractivity (Wildman–Crippen MR) is 122 cm³/mol. The Hall–Kier alpha value is -3.35. The minimum atomic E-state index is -1.10. The number of carbonyl (C=O) groups excluding carboxylic acids is 2. The largest absolute Gasteiger partial charge is 0.481 e. The minimum Gasteiger partial charge on any atom is -0.481 e. The van der Waals surface area contributed by atoms with Crippen molar-refractivity contribution in [1.29, 1.82) is 0 Å². The van der Waals surface area contributed by atoms with E-state index in [9.17, 15) is 19.5 Å². The highest BCUT2D eigenvalue weighted by Gasteiger charge is 2.61. The molecule has 2 aromatic rings. The minimum absolute atomic E-state index is 0.0296. The van der Waals surface area contributed by atoms with Crippen LogP contribution < -0.4 is 5.32 Å². The molecule has 2 aromatic carbocycles. The Kier molecular flexibility index (Phi) is 5.15. The van der Waals surface area contributed by atoms with Crippen molar-refractivity contribution in [3.8, 4) is 11.1 Å². The Morgan fingerprint density at radius 2 is 1.58 bits per heavy atom. The molecule has 2 unspecified atom stereocenters. The van der Waals surface area contributed by atoms with Gasteiger partial charge in [-0.25, -0.2) is 4.79 Å². The van der Waals surface area contributed by atoms with Crippen LogP contribution in [-0.4, -0.2) is 53.2 Å². The van der Waals surface area contributed by atoms with Gasteiger partial charge in [-0.15, -0.1) is 0 Å². The second kappa shape index (κ2) is 7.90. The molecule has 1 saturated carbocycles. The molecule has 33 heavy (non-hydrogen) atoms. The van der Waals surface area contributed by atoms with E-state index in [0.29, 0.717) is 19.5 Å². The lowest BCUT2D eigenvalue weighted by molar-refractivity contribution is -0.142. The molecule has 0 bridgehead atoms. The van der Waals surface area contributed by atoms with Gasteiger partial charge in [0, 0.05) is 19.0 Å². The number of piperidine rings is 1. The van der Waals surface area contributed by atoms with E-state index in [2.05, 4.69) is 29.6 Å². The maximum atomic E-state index is 13.2. The van der Waals surface area contributed by atoms with Crippen molar-refractivity contribution in [3.63, 3.8) is 0 Å². The summed E-state index contributed by atoms with van der Waals surface area (Å²) in [7, 11) is 0. The number of nitrogens with zero attached hydrogens (tertiary/aromatic N) is 1. The highest BCUT2D eigenvalue weighted by Crippen LogP contribution is 2.52. The number of nitrogens with one attached hydrogen (secondary N) is 1. The van der Waals surface area contributed by atoms with Gasteiger partial charge in [-0.2, -0.15) is 0 Å². The number of ether oxygens (including phenoxy) is 1. The van der Waals surface area contributed by atoms with Crippen LogP contribution >= 0.6 is 0 Å². The number of alkyl carbamates (subject to hydrolysis) is 1. The van der Waals surface area contributed by atoms with E-state index in [1.165, 1.54) is 0 Å². The van der Waals surface area contributed by atoms with E-state index in [4.69, 9.17) is 4.74 Å². The van der Waals surface area contributed by atoms with Crippen LogP contribution in [0.15, 0.2) is 48.5 Å². The van der Waals surface area contributed by atoms with Crippen LogP contribution in [0.4, 0.5) is 4.79 Å².